The first-order valence-corrected chi connectivity index (χ1v) is 20.9. The van der Waals surface area contributed by atoms with E-state index in [2.05, 4.69) is 214 Å². The minimum Gasteiger partial charge on any atom is -0.248 e. The predicted molar refractivity (Wildman–Crippen MR) is 253 cm³/mol. The fourth-order valence-corrected chi connectivity index (χ4v) is 9.14. The zero-order valence-corrected chi connectivity index (χ0v) is 34.0. The molecular weight excluding hydrogens is 739 g/mol. The van der Waals surface area contributed by atoms with Crippen LogP contribution in [0.2, 0.25) is 0 Å². The first-order valence-electron chi connectivity index (χ1n) is 20.9. The average molecular weight is 780 g/mol. The fourth-order valence-electron chi connectivity index (χ4n) is 9.14. The zero-order valence-electron chi connectivity index (χ0n) is 34.0. The highest BCUT2D eigenvalue weighted by atomic mass is 14.9. The van der Waals surface area contributed by atoms with Crippen LogP contribution in [0.25, 0.3) is 101 Å². The molecule has 0 amide bonds. The smallest absolute Gasteiger partial charge is 0.160 e. The summed E-state index contributed by atoms with van der Waals surface area (Å²) in [4.78, 5) is 15.7. The Bertz CT molecular complexity index is 3190. The molecule has 61 heavy (non-hydrogen) atoms. The van der Waals surface area contributed by atoms with Crippen molar-refractivity contribution in [2.45, 2.75) is 19.3 Å². The van der Waals surface area contributed by atoms with Gasteiger partial charge in [0.2, 0.25) is 0 Å². The molecule has 8 aromatic carbocycles. The second-order valence-electron chi connectivity index (χ2n) is 16.4. The van der Waals surface area contributed by atoms with Crippen LogP contribution in [0.4, 0.5) is 0 Å². The zero-order chi connectivity index (χ0) is 40.9. The van der Waals surface area contributed by atoms with Crippen LogP contribution in [0.1, 0.15) is 25.0 Å². The molecule has 1 aliphatic carbocycles. The van der Waals surface area contributed by atoms with Crippen LogP contribution in [-0.4, -0.2) is 15.0 Å². The summed E-state index contributed by atoms with van der Waals surface area (Å²) >= 11 is 0. The molecule has 0 bridgehead atoms. The molecular formula is C58H41N3. The van der Waals surface area contributed by atoms with E-state index in [0.29, 0.717) is 5.82 Å². The van der Waals surface area contributed by atoms with Crippen molar-refractivity contribution in [1.29, 1.82) is 0 Å². The molecule has 0 saturated carbocycles. The number of rotatable bonds is 7. The van der Waals surface area contributed by atoms with Crippen LogP contribution in [0, 0.1) is 0 Å². The highest BCUT2D eigenvalue weighted by Crippen LogP contribution is 2.51. The monoisotopic (exact) mass is 779 g/mol. The summed E-state index contributed by atoms with van der Waals surface area (Å²) in [5.41, 5.74) is 19.9. The standard InChI is InChI=1S/C58H41N3/c1-58(2)51-28-15-14-26-46(51)49-34-50-48(35-55(59-56(50)36-52(49)58)47-27-13-12-25-45(47)39-17-6-3-7-18-39)40-31-29-38(30-32-40)43-23-16-24-44(33-43)57-60-53(41-19-8-4-9-20-41)37-54(61-57)42-21-10-5-11-22-42/h3-37H,1-2H3. The maximum atomic E-state index is 5.47. The largest absolute Gasteiger partial charge is 0.248 e. The van der Waals surface area contributed by atoms with Gasteiger partial charge in [-0.15, -0.1) is 0 Å². The van der Waals surface area contributed by atoms with E-state index in [1.54, 1.807) is 0 Å². The SMILES string of the molecule is CC1(C)c2ccccc2-c2cc3c(-c4ccc(-c5cccc(-c6nc(-c7ccccc7)cc(-c7ccccc7)n6)c5)cc4)cc(-c4ccccc4-c4ccccc4)nc3cc21. The number of benzene rings is 8. The van der Waals surface area contributed by atoms with E-state index in [1.165, 1.54) is 33.4 Å². The van der Waals surface area contributed by atoms with Gasteiger partial charge in [-0.05, 0) is 86.0 Å². The number of nitrogens with zero attached hydrogens (tertiary/aromatic N) is 3. The van der Waals surface area contributed by atoms with Gasteiger partial charge in [-0.2, -0.15) is 0 Å². The van der Waals surface area contributed by atoms with Crippen molar-refractivity contribution in [2.24, 2.45) is 0 Å². The number of hydrogen-bond acceptors (Lipinski definition) is 3. The number of fused-ring (bicyclic) bond motifs is 4. The van der Waals surface area contributed by atoms with Gasteiger partial charge in [0.25, 0.3) is 0 Å². The van der Waals surface area contributed by atoms with Gasteiger partial charge in [0.15, 0.2) is 5.82 Å². The lowest BCUT2D eigenvalue weighted by molar-refractivity contribution is 0.661. The van der Waals surface area contributed by atoms with E-state index in [0.717, 1.165) is 72.5 Å². The van der Waals surface area contributed by atoms with Crippen LogP contribution in [0.3, 0.4) is 0 Å². The van der Waals surface area contributed by atoms with Gasteiger partial charge >= 0.3 is 0 Å². The van der Waals surface area contributed by atoms with Crippen molar-refractivity contribution in [1.82, 2.24) is 15.0 Å². The van der Waals surface area contributed by atoms with Crippen LogP contribution >= 0.6 is 0 Å². The second kappa shape index (κ2) is 14.8. The minimum atomic E-state index is -0.132. The van der Waals surface area contributed by atoms with Gasteiger partial charge in [-0.3, -0.25) is 0 Å². The maximum absolute atomic E-state index is 5.47. The molecule has 0 unspecified atom stereocenters. The molecule has 3 heteroatoms. The lowest BCUT2D eigenvalue weighted by Crippen LogP contribution is -2.14. The summed E-state index contributed by atoms with van der Waals surface area (Å²) in [5, 5.41) is 1.15. The summed E-state index contributed by atoms with van der Waals surface area (Å²) in [7, 11) is 0. The third-order valence-electron chi connectivity index (χ3n) is 12.3. The predicted octanol–water partition coefficient (Wildman–Crippen LogP) is 15.0. The van der Waals surface area contributed by atoms with Gasteiger partial charge in [0.1, 0.15) is 0 Å². The van der Waals surface area contributed by atoms with Crippen molar-refractivity contribution in [3.63, 3.8) is 0 Å². The van der Waals surface area contributed by atoms with E-state index in [1.807, 2.05) is 12.1 Å². The molecule has 288 valence electrons. The molecule has 3 nitrogen and oxygen atoms in total. The van der Waals surface area contributed by atoms with Gasteiger partial charge in [-0.25, -0.2) is 15.0 Å². The second-order valence-corrected chi connectivity index (χ2v) is 16.4. The third-order valence-corrected chi connectivity index (χ3v) is 12.3. The molecule has 10 aromatic rings. The summed E-state index contributed by atoms with van der Waals surface area (Å²) in [6.45, 7) is 4.67. The summed E-state index contributed by atoms with van der Waals surface area (Å²) in [6, 6.07) is 75.4. The molecule has 0 N–H and O–H groups in total. The van der Waals surface area contributed by atoms with Gasteiger partial charge in [0, 0.05) is 33.1 Å². The number of pyridine rings is 1. The Morgan fingerprint density at radius 2 is 0.820 bits per heavy atom. The van der Waals surface area contributed by atoms with E-state index >= 15 is 0 Å². The Labute approximate surface area is 356 Å². The highest BCUT2D eigenvalue weighted by Gasteiger charge is 2.36. The fraction of sp³-hybridized carbons (Fsp3) is 0.0517. The molecule has 0 atom stereocenters. The van der Waals surface area contributed by atoms with Crippen LogP contribution in [-0.2, 0) is 5.41 Å². The Kier molecular flexibility index (Phi) is 8.82. The number of hydrogen-bond donors (Lipinski definition) is 0. The quantitative estimate of drug-likeness (QED) is 0.162. The third kappa shape index (κ3) is 6.52. The lowest BCUT2D eigenvalue weighted by atomic mass is 9.82. The van der Waals surface area contributed by atoms with Gasteiger partial charge < -0.3 is 0 Å². The van der Waals surface area contributed by atoms with Crippen molar-refractivity contribution >= 4 is 10.9 Å². The normalized spacial score (nSPS) is 12.6. The number of aromatic nitrogens is 3. The molecule has 11 rings (SSSR count). The summed E-state index contributed by atoms with van der Waals surface area (Å²) in [5.74, 6) is 0.697. The molecule has 2 aromatic heterocycles. The molecule has 0 radical (unpaired) electrons. The van der Waals surface area contributed by atoms with E-state index in [9.17, 15) is 0 Å². The van der Waals surface area contributed by atoms with E-state index in [-0.39, 0.29) is 5.41 Å². The molecule has 0 saturated heterocycles. The lowest BCUT2D eigenvalue weighted by Gasteiger charge is -2.22. The minimum absolute atomic E-state index is 0.132. The topological polar surface area (TPSA) is 38.7 Å². The van der Waals surface area contributed by atoms with Crippen LogP contribution in [0.5, 0.6) is 0 Å². The first-order chi connectivity index (χ1) is 30.0. The Hall–Kier alpha value is -7.75. The maximum Gasteiger partial charge on any atom is 0.160 e. The van der Waals surface area contributed by atoms with Crippen LogP contribution in [0.15, 0.2) is 212 Å². The molecule has 1 aliphatic rings. The highest BCUT2D eigenvalue weighted by molar-refractivity contribution is 6.02. The molecule has 0 aliphatic heterocycles. The van der Waals surface area contributed by atoms with Crippen molar-refractivity contribution in [2.75, 3.05) is 0 Å². The summed E-state index contributed by atoms with van der Waals surface area (Å²) < 4.78 is 0. The van der Waals surface area contributed by atoms with Gasteiger partial charge in [0.05, 0.1) is 22.6 Å². The van der Waals surface area contributed by atoms with Crippen molar-refractivity contribution in [3.05, 3.63) is 223 Å². The first kappa shape index (κ1) is 36.3. The Morgan fingerprint density at radius 3 is 1.49 bits per heavy atom. The average Bonchev–Trinajstić information content (AvgIpc) is 3.56. The summed E-state index contributed by atoms with van der Waals surface area (Å²) in [6.07, 6.45) is 0. The molecule has 2 heterocycles. The van der Waals surface area contributed by atoms with E-state index < -0.39 is 0 Å². The molecule has 0 fully saturated rings. The van der Waals surface area contributed by atoms with Crippen molar-refractivity contribution < 1.29 is 0 Å². The Balaban J connectivity index is 1.03. The van der Waals surface area contributed by atoms with E-state index in [4.69, 9.17) is 15.0 Å². The Morgan fingerprint density at radius 1 is 0.295 bits per heavy atom. The van der Waals surface area contributed by atoms with Gasteiger partial charge in [-0.1, -0.05) is 196 Å². The van der Waals surface area contributed by atoms with Crippen molar-refractivity contribution in [3.8, 4) is 89.7 Å². The van der Waals surface area contributed by atoms with Crippen LogP contribution < -0.4 is 0 Å². The molecule has 0 spiro atoms.